The van der Waals surface area contributed by atoms with E-state index in [0.717, 1.165) is 17.2 Å². The van der Waals surface area contributed by atoms with Crippen molar-refractivity contribution in [2.45, 2.75) is 19.6 Å². The van der Waals surface area contributed by atoms with Gasteiger partial charge in [0, 0.05) is 13.1 Å². The highest BCUT2D eigenvalue weighted by Crippen LogP contribution is 2.16. The van der Waals surface area contributed by atoms with E-state index in [1.165, 1.54) is 12.1 Å². The average Bonchev–Trinajstić information content (AvgIpc) is 2.68. The minimum atomic E-state index is -1.29. The summed E-state index contributed by atoms with van der Waals surface area (Å²) in [6.45, 7) is 1.12. The largest absolute Gasteiger partial charge is 0.508 e. The number of hydrogen-bond acceptors (Lipinski definition) is 7. The Morgan fingerprint density at radius 3 is 2.36 bits per heavy atom. The summed E-state index contributed by atoms with van der Waals surface area (Å²) in [4.78, 5) is 32.8. The van der Waals surface area contributed by atoms with Crippen LogP contribution in [0.4, 0.5) is 0 Å². The number of phenols is 1. The van der Waals surface area contributed by atoms with Crippen LogP contribution in [0.1, 0.15) is 38.3 Å². The van der Waals surface area contributed by atoms with Gasteiger partial charge in [-0.1, -0.05) is 24.3 Å². The molecule has 1 amide bonds. The molecule has 9 nitrogen and oxygen atoms in total. The quantitative estimate of drug-likeness (QED) is 0.223. The zero-order chi connectivity index (χ0) is 20.4. The Morgan fingerprint density at radius 2 is 1.68 bits per heavy atom. The van der Waals surface area contributed by atoms with Crippen molar-refractivity contribution in [2.24, 2.45) is 0 Å². The summed E-state index contributed by atoms with van der Waals surface area (Å²) >= 11 is 0. The fourth-order valence-electron chi connectivity index (χ4n) is 2.47. The van der Waals surface area contributed by atoms with Crippen LogP contribution in [-0.4, -0.2) is 40.4 Å². The molecule has 0 radical (unpaired) electrons. The second-order valence-electron chi connectivity index (χ2n) is 5.87. The smallest absolute Gasteiger partial charge is 0.336 e. The van der Waals surface area contributed by atoms with E-state index in [-0.39, 0.29) is 30.1 Å². The van der Waals surface area contributed by atoms with E-state index in [2.05, 4.69) is 15.7 Å². The first-order valence-electron chi connectivity index (χ1n) is 8.55. The summed E-state index contributed by atoms with van der Waals surface area (Å²) in [5, 5.41) is 29.7. The first-order chi connectivity index (χ1) is 13.5. The number of carboxylic acids is 1. The Hall–Kier alpha value is -2.98. The lowest BCUT2D eigenvalue weighted by Crippen LogP contribution is -2.28. The van der Waals surface area contributed by atoms with Gasteiger partial charge in [0.25, 0.3) is 5.91 Å². The molecule has 2 aromatic rings. The van der Waals surface area contributed by atoms with Gasteiger partial charge < -0.3 is 15.5 Å². The minimum absolute atomic E-state index is 0.0165. The van der Waals surface area contributed by atoms with E-state index in [0.29, 0.717) is 19.5 Å². The normalized spacial score (nSPS) is 10.6. The van der Waals surface area contributed by atoms with Crippen molar-refractivity contribution >= 4 is 11.9 Å². The van der Waals surface area contributed by atoms with Crippen LogP contribution in [0.5, 0.6) is 5.75 Å². The van der Waals surface area contributed by atoms with Crippen LogP contribution in [0, 0.1) is 0 Å². The number of hydroxylamine groups is 1. The number of nitrogens with one attached hydrogen (secondary N) is 2. The van der Waals surface area contributed by atoms with Crippen molar-refractivity contribution in [1.29, 1.82) is 0 Å². The van der Waals surface area contributed by atoms with Gasteiger partial charge >= 0.3 is 5.97 Å². The number of aromatic carboxylic acids is 1. The van der Waals surface area contributed by atoms with Gasteiger partial charge in [-0.25, -0.2) is 15.2 Å². The van der Waals surface area contributed by atoms with E-state index in [4.69, 9.17) is 15.2 Å². The molecule has 5 N–H and O–H groups in total. The van der Waals surface area contributed by atoms with Crippen molar-refractivity contribution in [3.05, 3.63) is 64.7 Å². The van der Waals surface area contributed by atoms with Gasteiger partial charge in [0.05, 0.1) is 17.7 Å². The number of aromatic hydroxyl groups is 1. The number of carbonyl (C=O) groups is 2. The van der Waals surface area contributed by atoms with Crippen LogP contribution in [0.2, 0.25) is 0 Å². The third kappa shape index (κ3) is 6.32. The van der Waals surface area contributed by atoms with E-state index >= 15 is 0 Å². The molecule has 2 rings (SSSR count). The Labute approximate surface area is 161 Å². The maximum atomic E-state index is 12.1. The molecule has 2 aromatic carbocycles. The molecule has 9 heteroatoms. The Balaban J connectivity index is 1.70. The lowest BCUT2D eigenvalue weighted by Gasteiger charge is -2.10. The maximum absolute atomic E-state index is 12.1. The highest BCUT2D eigenvalue weighted by atomic mass is 17.1. The van der Waals surface area contributed by atoms with Crippen LogP contribution in [0.3, 0.4) is 0 Å². The summed E-state index contributed by atoms with van der Waals surface area (Å²) in [5.74, 6) is -2.04. The van der Waals surface area contributed by atoms with Gasteiger partial charge in [0.15, 0.2) is 0 Å². The average molecular weight is 390 g/mol. The number of hydrogen-bond donors (Lipinski definition) is 5. The SMILES string of the molecule is O=C(O)c1cc(O)ccc1C(=O)NCCCNOCc1ccccc1COO. The summed E-state index contributed by atoms with van der Waals surface area (Å²) in [6.07, 6.45) is 0.549. The standard InChI is InChI=1S/C19H22N2O7/c22-15-6-7-16(17(10-15)19(24)25)18(23)20-8-3-9-21-27-11-13-4-1-2-5-14(13)12-28-26/h1-2,4-7,10,21-22,26H,3,8-9,11-12H2,(H,20,23)(H,24,25). The highest BCUT2D eigenvalue weighted by molar-refractivity contribution is 6.05. The third-order valence-corrected chi connectivity index (χ3v) is 3.89. The highest BCUT2D eigenvalue weighted by Gasteiger charge is 2.16. The van der Waals surface area contributed by atoms with Gasteiger partial charge in [0.2, 0.25) is 0 Å². The summed E-state index contributed by atoms with van der Waals surface area (Å²) in [6, 6.07) is 10.9. The topological polar surface area (TPSA) is 137 Å². The maximum Gasteiger partial charge on any atom is 0.336 e. The molecule has 0 bridgehead atoms. The number of carboxylic acid groups (broad SMARTS) is 1. The van der Waals surface area contributed by atoms with Crippen molar-refractivity contribution in [1.82, 2.24) is 10.8 Å². The Kier molecular flexibility index (Phi) is 8.37. The van der Waals surface area contributed by atoms with Gasteiger partial charge in [0.1, 0.15) is 12.4 Å². The van der Waals surface area contributed by atoms with Crippen molar-refractivity contribution < 1.29 is 34.8 Å². The molecule has 0 fully saturated rings. The molecule has 0 saturated carbocycles. The molecule has 0 unspecified atom stereocenters. The van der Waals surface area contributed by atoms with Crippen LogP contribution in [0.25, 0.3) is 0 Å². The summed E-state index contributed by atoms with van der Waals surface area (Å²) in [7, 11) is 0. The molecule has 0 atom stereocenters. The third-order valence-electron chi connectivity index (χ3n) is 3.89. The van der Waals surface area contributed by atoms with Crippen LogP contribution < -0.4 is 10.8 Å². The monoisotopic (exact) mass is 390 g/mol. The molecule has 150 valence electrons. The van der Waals surface area contributed by atoms with Crippen molar-refractivity contribution in [3.63, 3.8) is 0 Å². The molecule has 28 heavy (non-hydrogen) atoms. The number of phenolic OH excluding ortho intramolecular Hbond substituents is 1. The van der Waals surface area contributed by atoms with Gasteiger partial charge in [-0.2, -0.15) is 0 Å². The minimum Gasteiger partial charge on any atom is -0.508 e. The van der Waals surface area contributed by atoms with Crippen LogP contribution in [-0.2, 0) is 22.9 Å². The van der Waals surface area contributed by atoms with Crippen LogP contribution >= 0.6 is 0 Å². The van der Waals surface area contributed by atoms with Gasteiger partial charge in [-0.3, -0.25) is 14.9 Å². The predicted octanol–water partition coefficient (Wildman–Crippen LogP) is 1.92. The molecule has 0 aromatic heterocycles. The first-order valence-corrected chi connectivity index (χ1v) is 8.55. The molecule has 0 spiro atoms. The van der Waals surface area contributed by atoms with Crippen molar-refractivity contribution in [3.8, 4) is 5.75 Å². The second kappa shape index (κ2) is 11.0. The molecular weight excluding hydrogens is 368 g/mol. The first kappa shape index (κ1) is 21.3. The zero-order valence-corrected chi connectivity index (χ0v) is 15.1. The predicted molar refractivity (Wildman–Crippen MR) is 98.7 cm³/mol. The molecular formula is C19H22N2O7. The van der Waals surface area contributed by atoms with Crippen LogP contribution in [0.15, 0.2) is 42.5 Å². The van der Waals surface area contributed by atoms with E-state index in [9.17, 15) is 14.7 Å². The number of rotatable bonds is 11. The molecule has 0 aliphatic rings. The second-order valence-corrected chi connectivity index (χ2v) is 5.87. The fraction of sp³-hybridized carbons (Fsp3) is 0.263. The van der Waals surface area contributed by atoms with E-state index < -0.39 is 11.9 Å². The molecule has 0 aliphatic heterocycles. The summed E-state index contributed by atoms with van der Waals surface area (Å²) < 4.78 is 0. The van der Waals surface area contributed by atoms with Gasteiger partial charge in [-0.15, -0.1) is 0 Å². The lowest BCUT2D eigenvalue weighted by atomic mass is 10.1. The van der Waals surface area contributed by atoms with E-state index in [1.54, 1.807) is 0 Å². The molecule has 0 aliphatic carbocycles. The zero-order valence-electron chi connectivity index (χ0n) is 15.1. The molecule has 0 saturated heterocycles. The summed E-state index contributed by atoms with van der Waals surface area (Å²) in [5.41, 5.74) is 4.17. The van der Waals surface area contributed by atoms with E-state index in [1.807, 2.05) is 24.3 Å². The molecule has 0 heterocycles. The van der Waals surface area contributed by atoms with Crippen molar-refractivity contribution in [2.75, 3.05) is 13.1 Å². The number of amides is 1. The number of carbonyl (C=O) groups excluding carboxylic acids is 1. The van der Waals surface area contributed by atoms with Gasteiger partial charge in [-0.05, 0) is 35.7 Å². The Morgan fingerprint density at radius 1 is 0.964 bits per heavy atom. The lowest BCUT2D eigenvalue weighted by molar-refractivity contribution is -0.253. The Bertz CT molecular complexity index is 811. The fourth-order valence-corrected chi connectivity index (χ4v) is 2.47. The number of benzene rings is 2.